The molecule has 2 rings (SSSR count). The van der Waals surface area contributed by atoms with Crippen molar-refractivity contribution >= 4 is 52.6 Å². The van der Waals surface area contributed by atoms with Gasteiger partial charge in [0.05, 0.1) is 0 Å². The minimum Gasteiger partial charge on any atom is -0.322 e. The maximum absolute atomic E-state index is 11.9. The van der Waals surface area contributed by atoms with Crippen LogP contribution in [0.3, 0.4) is 0 Å². The lowest BCUT2D eigenvalue weighted by molar-refractivity contribution is -0.111. The van der Waals surface area contributed by atoms with E-state index in [2.05, 4.69) is 5.32 Å². The standard InChI is InChI=1S/C16H13Cl2NOS/c1-21-14-4-2-3-13(10-14)19-16(20)8-6-11-5-7-12(17)9-15(11)18/h2-10H,1H3,(H,19,20)/b8-6+. The minimum absolute atomic E-state index is 0.209. The quantitative estimate of drug-likeness (QED) is 0.600. The fourth-order valence-corrected chi connectivity index (χ4v) is 2.62. The first-order chi connectivity index (χ1) is 10.1. The molecule has 2 aromatic carbocycles. The van der Waals surface area contributed by atoms with Gasteiger partial charge in [-0.15, -0.1) is 11.8 Å². The van der Waals surface area contributed by atoms with E-state index in [-0.39, 0.29) is 5.91 Å². The molecule has 21 heavy (non-hydrogen) atoms. The Balaban J connectivity index is 2.05. The topological polar surface area (TPSA) is 29.1 Å². The van der Waals surface area contributed by atoms with Gasteiger partial charge in [0.2, 0.25) is 5.91 Å². The monoisotopic (exact) mass is 337 g/mol. The van der Waals surface area contributed by atoms with Crippen molar-refractivity contribution in [3.63, 3.8) is 0 Å². The SMILES string of the molecule is CSc1cccc(NC(=O)/C=C/c2ccc(Cl)cc2Cl)c1. The summed E-state index contributed by atoms with van der Waals surface area (Å²) >= 11 is 13.5. The Morgan fingerprint density at radius 1 is 1.19 bits per heavy atom. The number of hydrogen-bond acceptors (Lipinski definition) is 2. The summed E-state index contributed by atoms with van der Waals surface area (Å²) in [5.41, 5.74) is 1.51. The number of amides is 1. The second kappa shape index (κ2) is 7.55. The first-order valence-corrected chi connectivity index (χ1v) is 8.15. The summed E-state index contributed by atoms with van der Waals surface area (Å²) in [4.78, 5) is 13.0. The van der Waals surface area contributed by atoms with E-state index in [0.717, 1.165) is 16.1 Å². The summed E-state index contributed by atoms with van der Waals surface area (Å²) in [7, 11) is 0. The third-order valence-electron chi connectivity index (χ3n) is 2.71. The molecule has 0 radical (unpaired) electrons. The van der Waals surface area contributed by atoms with Crippen LogP contribution in [0, 0.1) is 0 Å². The van der Waals surface area contributed by atoms with E-state index in [9.17, 15) is 4.79 Å². The summed E-state index contributed by atoms with van der Waals surface area (Å²) in [6.45, 7) is 0. The molecule has 108 valence electrons. The van der Waals surface area contributed by atoms with Crippen LogP contribution in [-0.4, -0.2) is 12.2 Å². The average Bonchev–Trinajstić information content (AvgIpc) is 2.46. The van der Waals surface area contributed by atoms with Crippen molar-refractivity contribution in [3.8, 4) is 0 Å². The Kier molecular flexibility index (Phi) is 5.74. The smallest absolute Gasteiger partial charge is 0.248 e. The number of rotatable bonds is 4. The van der Waals surface area contributed by atoms with Gasteiger partial charge in [-0.1, -0.05) is 35.3 Å². The molecule has 0 bridgehead atoms. The van der Waals surface area contributed by atoms with Gasteiger partial charge in [0.1, 0.15) is 0 Å². The highest BCUT2D eigenvalue weighted by atomic mass is 35.5. The molecule has 0 aliphatic heterocycles. The molecule has 0 aliphatic carbocycles. The van der Waals surface area contributed by atoms with Crippen molar-refractivity contribution in [2.45, 2.75) is 4.90 Å². The van der Waals surface area contributed by atoms with E-state index in [1.54, 1.807) is 36.0 Å². The first kappa shape index (κ1) is 16.0. The van der Waals surface area contributed by atoms with Crippen LogP contribution < -0.4 is 5.32 Å². The van der Waals surface area contributed by atoms with Gasteiger partial charge in [-0.25, -0.2) is 0 Å². The molecule has 0 spiro atoms. The van der Waals surface area contributed by atoms with Crippen molar-refractivity contribution in [1.82, 2.24) is 0 Å². The molecule has 0 heterocycles. The molecular formula is C16H13Cl2NOS. The van der Waals surface area contributed by atoms with Crippen molar-refractivity contribution < 1.29 is 4.79 Å². The number of anilines is 1. The van der Waals surface area contributed by atoms with E-state index in [1.165, 1.54) is 6.08 Å². The molecule has 2 nitrogen and oxygen atoms in total. The molecule has 0 aromatic heterocycles. The van der Waals surface area contributed by atoms with Crippen molar-refractivity contribution in [3.05, 3.63) is 64.1 Å². The Morgan fingerprint density at radius 3 is 2.71 bits per heavy atom. The van der Waals surface area contributed by atoms with E-state index in [4.69, 9.17) is 23.2 Å². The molecule has 0 saturated heterocycles. The zero-order valence-electron chi connectivity index (χ0n) is 11.3. The van der Waals surface area contributed by atoms with Crippen LogP contribution in [0.4, 0.5) is 5.69 Å². The van der Waals surface area contributed by atoms with Crippen molar-refractivity contribution in [2.24, 2.45) is 0 Å². The third-order valence-corrected chi connectivity index (χ3v) is 4.00. The number of benzene rings is 2. The van der Waals surface area contributed by atoms with E-state index < -0.39 is 0 Å². The highest BCUT2D eigenvalue weighted by Crippen LogP contribution is 2.22. The largest absolute Gasteiger partial charge is 0.322 e. The lowest BCUT2D eigenvalue weighted by atomic mass is 10.2. The third kappa shape index (κ3) is 4.81. The first-order valence-electron chi connectivity index (χ1n) is 6.16. The zero-order valence-corrected chi connectivity index (χ0v) is 13.6. The molecule has 0 fully saturated rings. The highest BCUT2D eigenvalue weighted by molar-refractivity contribution is 7.98. The van der Waals surface area contributed by atoms with Gasteiger partial charge in [-0.05, 0) is 48.2 Å². The predicted molar refractivity (Wildman–Crippen MR) is 92.3 cm³/mol. The lowest BCUT2D eigenvalue weighted by Gasteiger charge is -2.04. The zero-order chi connectivity index (χ0) is 15.2. The van der Waals surface area contributed by atoms with Crippen LogP contribution in [0.15, 0.2) is 53.4 Å². The van der Waals surface area contributed by atoms with Gasteiger partial charge in [-0.3, -0.25) is 4.79 Å². The minimum atomic E-state index is -0.209. The Bertz CT molecular complexity index is 686. The van der Waals surface area contributed by atoms with E-state index in [0.29, 0.717) is 10.0 Å². The molecule has 5 heteroatoms. The average molecular weight is 338 g/mol. The number of halogens is 2. The van der Waals surface area contributed by atoms with Crippen molar-refractivity contribution in [2.75, 3.05) is 11.6 Å². The highest BCUT2D eigenvalue weighted by Gasteiger charge is 2.01. The fourth-order valence-electron chi connectivity index (χ4n) is 1.69. The Morgan fingerprint density at radius 2 is 2.00 bits per heavy atom. The number of carbonyl (C=O) groups is 1. The molecule has 0 atom stereocenters. The molecule has 0 unspecified atom stereocenters. The summed E-state index contributed by atoms with van der Waals surface area (Å²) in [5, 5.41) is 3.88. The molecule has 0 saturated carbocycles. The van der Waals surface area contributed by atoms with Gasteiger partial charge in [0.15, 0.2) is 0 Å². The van der Waals surface area contributed by atoms with Gasteiger partial charge in [0, 0.05) is 26.7 Å². The van der Waals surface area contributed by atoms with Gasteiger partial charge in [0.25, 0.3) is 0 Å². The Hall–Kier alpha value is -1.42. The van der Waals surface area contributed by atoms with Gasteiger partial charge in [-0.2, -0.15) is 0 Å². The number of thioether (sulfide) groups is 1. The summed E-state index contributed by atoms with van der Waals surface area (Å²) < 4.78 is 0. The molecule has 2 aromatic rings. The number of nitrogens with one attached hydrogen (secondary N) is 1. The predicted octanol–water partition coefficient (Wildman–Crippen LogP) is 5.37. The number of hydrogen-bond donors (Lipinski definition) is 1. The van der Waals surface area contributed by atoms with Crippen LogP contribution in [0.1, 0.15) is 5.56 Å². The Labute approximate surface area is 138 Å². The summed E-state index contributed by atoms with van der Waals surface area (Å²) in [5.74, 6) is -0.209. The maximum Gasteiger partial charge on any atom is 0.248 e. The molecule has 1 N–H and O–H groups in total. The van der Waals surface area contributed by atoms with Crippen molar-refractivity contribution in [1.29, 1.82) is 0 Å². The van der Waals surface area contributed by atoms with Crippen LogP contribution in [0.25, 0.3) is 6.08 Å². The van der Waals surface area contributed by atoms with Crippen LogP contribution in [-0.2, 0) is 4.79 Å². The summed E-state index contributed by atoms with van der Waals surface area (Å²) in [6, 6.07) is 12.8. The fraction of sp³-hybridized carbons (Fsp3) is 0.0625. The van der Waals surface area contributed by atoms with E-state index in [1.807, 2.05) is 30.5 Å². The second-order valence-electron chi connectivity index (χ2n) is 4.22. The summed E-state index contributed by atoms with van der Waals surface area (Å²) in [6.07, 6.45) is 5.09. The number of carbonyl (C=O) groups excluding carboxylic acids is 1. The lowest BCUT2D eigenvalue weighted by Crippen LogP contribution is -2.07. The van der Waals surface area contributed by atoms with Crippen LogP contribution in [0.5, 0.6) is 0 Å². The second-order valence-corrected chi connectivity index (χ2v) is 5.94. The van der Waals surface area contributed by atoms with Gasteiger partial charge >= 0.3 is 0 Å². The molecule has 0 aliphatic rings. The van der Waals surface area contributed by atoms with Crippen LogP contribution in [0.2, 0.25) is 10.0 Å². The van der Waals surface area contributed by atoms with E-state index >= 15 is 0 Å². The van der Waals surface area contributed by atoms with Crippen LogP contribution >= 0.6 is 35.0 Å². The molecule has 1 amide bonds. The molecular weight excluding hydrogens is 325 g/mol. The normalized spacial score (nSPS) is 10.8. The maximum atomic E-state index is 11.9. The van der Waals surface area contributed by atoms with Gasteiger partial charge < -0.3 is 5.32 Å².